The first-order valence-corrected chi connectivity index (χ1v) is 11.1. The summed E-state index contributed by atoms with van der Waals surface area (Å²) >= 11 is 12.5. The average molecular weight is 517 g/mol. The zero-order chi connectivity index (χ0) is 24.0. The smallest absolute Gasteiger partial charge is 0.418 e. The summed E-state index contributed by atoms with van der Waals surface area (Å²) in [4.78, 5) is 12.3. The molecule has 3 rings (SSSR count). The number of benzene rings is 2. The topological polar surface area (TPSA) is 69.0 Å². The fourth-order valence-electron chi connectivity index (χ4n) is 2.70. The summed E-state index contributed by atoms with van der Waals surface area (Å²) in [5.74, 6) is 0.252. The highest BCUT2D eigenvalue weighted by Gasteiger charge is 2.34. The number of nitrogens with one attached hydrogen (secondary N) is 1. The highest BCUT2D eigenvalue weighted by molar-refractivity contribution is 7.99. The van der Waals surface area contributed by atoms with Gasteiger partial charge >= 0.3 is 6.18 Å². The van der Waals surface area contributed by atoms with Crippen molar-refractivity contribution in [2.45, 2.75) is 24.5 Å². The van der Waals surface area contributed by atoms with Crippen molar-refractivity contribution in [1.29, 1.82) is 0 Å². The zero-order valence-electron chi connectivity index (χ0n) is 16.9. The summed E-state index contributed by atoms with van der Waals surface area (Å²) in [5, 5.41) is 11.3. The molecule has 0 bridgehead atoms. The molecule has 1 heterocycles. The van der Waals surface area contributed by atoms with Crippen LogP contribution in [0.5, 0.6) is 5.75 Å². The Morgan fingerprint density at radius 2 is 1.85 bits per heavy atom. The van der Waals surface area contributed by atoms with Gasteiger partial charge in [0.2, 0.25) is 5.91 Å². The van der Waals surface area contributed by atoms with Crippen molar-refractivity contribution in [3.05, 3.63) is 76.6 Å². The van der Waals surface area contributed by atoms with E-state index in [1.54, 1.807) is 34.9 Å². The van der Waals surface area contributed by atoms with Crippen LogP contribution in [0.1, 0.15) is 11.4 Å². The number of carbonyl (C=O) groups excluding carboxylic acids is 1. The van der Waals surface area contributed by atoms with Gasteiger partial charge in [0.1, 0.15) is 12.4 Å². The molecule has 33 heavy (non-hydrogen) atoms. The molecule has 2 aromatic carbocycles. The highest BCUT2D eigenvalue weighted by atomic mass is 35.5. The van der Waals surface area contributed by atoms with E-state index in [1.807, 2.05) is 0 Å². The summed E-state index contributed by atoms with van der Waals surface area (Å²) in [6.07, 6.45) is -3.04. The molecule has 0 atom stereocenters. The molecule has 0 aliphatic carbocycles. The fourth-order valence-corrected chi connectivity index (χ4v) is 3.76. The molecule has 0 aliphatic rings. The number of amides is 1. The maximum Gasteiger partial charge on any atom is 0.418 e. The predicted octanol–water partition coefficient (Wildman–Crippen LogP) is 6.10. The fraction of sp³-hybridized carbons (Fsp3) is 0.190. The maximum atomic E-state index is 13.2. The third-order valence-electron chi connectivity index (χ3n) is 4.18. The SMILES string of the molecule is C=CCn1c(COc2ccc(Cl)cc2)nnc1SCC(=O)Nc1ccc(Cl)cc1C(F)(F)F. The van der Waals surface area contributed by atoms with Crippen LogP contribution in [-0.2, 0) is 24.1 Å². The molecular formula is C21H17Cl2F3N4O2S. The van der Waals surface area contributed by atoms with Crippen LogP contribution in [0.2, 0.25) is 10.0 Å². The molecule has 3 aromatic rings. The number of anilines is 1. The monoisotopic (exact) mass is 516 g/mol. The Balaban J connectivity index is 1.66. The van der Waals surface area contributed by atoms with Gasteiger partial charge in [-0.3, -0.25) is 9.36 Å². The van der Waals surface area contributed by atoms with Gasteiger partial charge < -0.3 is 10.1 Å². The van der Waals surface area contributed by atoms with Gasteiger partial charge in [-0.1, -0.05) is 41.0 Å². The quantitative estimate of drug-likeness (QED) is 0.275. The minimum Gasteiger partial charge on any atom is -0.486 e. The molecule has 0 saturated carbocycles. The van der Waals surface area contributed by atoms with E-state index in [4.69, 9.17) is 27.9 Å². The third-order valence-corrected chi connectivity index (χ3v) is 5.63. The largest absolute Gasteiger partial charge is 0.486 e. The van der Waals surface area contributed by atoms with Crippen LogP contribution in [0, 0.1) is 0 Å². The van der Waals surface area contributed by atoms with Gasteiger partial charge in [0.15, 0.2) is 11.0 Å². The number of halogens is 5. The minimum atomic E-state index is -4.66. The number of rotatable bonds is 9. The molecule has 12 heteroatoms. The normalized spacial score (nSPS) is 11.3. The number of alkyl halides is 3. The van der Waals surface area contributed by atoms with Gasteiger partial charge in [-0.25, -0.2) is 0 Å². The summed E-state index contributed by atoms with van der Waals surface area (Å²) in [5.41, 5.74) is -1.40. The first-order valence-electron chi connectivity index (χ1n) is 9.38. The van der Waals surface area contributed by atoms with Crippen LogP contribution >= 0.6 is 35.0 Å². The third kappa shape index (κ3) is 6.89. The number of nitrogens with zero attached hydrogens (tertiary/aromatic N) is 3. The maximum absolute atomic E-state index is 13.2. The number of hydrogen-bond acceptors (Lipinski definition) is 5. The van der Waals surface area contributed by atoms with Crippen molar-refractivity contribution < 1.29 is 22.7 Å². The first kappa shape index (κ1) is 24.9. The van der Waals surface area contributed by atoms with Gasteiger partial charge in [-0.2, -0.15) is 13.2 Å². The molecule has 0 spiro atoms. The van der Waals surface area contributed by atoms with E-state index in [-0.39, 0.29) is 23.1 Å². The van der Waals surface area contributed by atoms with Crippen molar-refractivity contribution in [3.8, 4) is 5.75 Å². The molecule has 174 valence electrons. The van der Waals surface area contributed by atoms with Gasteiger partial charge in [0, 0.05) is 16.6 Å². The number of thioether (sulfide) groups is 1. The van der Waals surface area contributed by atoms with Crippen molar-refractivity contribution in [2.24, 2.45) is 0 Å². The number of aromatic nitrogens is 3. The van der Waals surface area contributed by atoms with E-state index in [0.29, 0.717) is 28.3 Å². The lowest BCUT2D eigenvalue weighted by Gasteiger charge is -2.14. The number of carbonyl (C=O) groups is 1. The Bertz CT molecular complexity index is 1140. The second-order valence-corrected chi connectivity index (χ2v) is 8.38. The lowest BCUT2D eigenvalue weighted by atomic mass is 10.1. The Hall–Kier alpha value is -2.69. The molecule has 1 amide bonds. The van der Waals surface area contributed by atoms with Gasteiger partial charge in [0.25, 0.3) is 0 Å². The Morgan fingerprint density at radius 3 is 2.52 bits per heavy atom. The van der Waals surface area contributed by atoms with Crippen molar-refractivity contribution >= 4 is 46.6 Å². The molecule has 1 N–H and O–H groups in total. The van der Waals surface area contributed by atoms with E-state index in [9.17, 15) is 18.0 Å². The Kier molecular flexibility index (Phi) is 8.28. The van der Waals surface area contributed by atoms with E-state index in [0.717, 1.165) is 23.9 Å². The lowest BCUT2D eigenvalue weighted by Crippen LogP contribution is -2.18. The van der Waals surface area contributed by atoms with Crippen LogP contribution < -0.4 is 10.1 Å². The molecule has 0 fully saturated rings. The van der Waals surface area contributed by atoms with Gasteiger partial charge in [-0.15, -0.1) is 16.8 Å². The second kappa shape index (κ2) is 11.0. The summed E-state index contributed by atoms with van der Waals surface area (Å²) in [6.45, 7) is 4.16. The van der Waals surface area contributed by atoms with Gasteiger partial charge in [0.05, 0.1) is 17.0 Å². The molecular weight excluding hydrogens is 500 g/mol. The number of allylic oxidation sites excluding steroid dienone is 1. The Morgan fingerprint density at radius 1 is 1.15 bits per heavy atom. The van der Waals surface area contributed by atoms with Crippen LogP contribution in [0.25, 0.3) is 0 Å². The molecule has 0 unspecified atom stereocenters. The zero-order valence-corrected chi connectivity index (χ0v) is 19.2. The molecule has 0 aliphatic heterocycles. The van der Waals surface area contributed by atoms with Crippen molar-refractivity contribution in [3.63, 3.8) is 0 Å². The molecule has 1 aromatic heterocycles. The molecule has 0 radical (unpaired) electrons. The summed E-state index contributed by atoms with van der Waals surface area (Å²) in [6, 6.07) is 9.95. The van der Waals surface area contributed by atoms with Crippen LogP contribution in [0.15, 0.2) is 60.3 Å². The van der Waals surface area contributed by atoms with Crippen LogP contribution in [0.3, 0.4) is 0 Å². The molecule has 6 nitrogen and oxygen atoms in total. The summed E-state index contributed by atoms with van der Waals surface area (Å²) in [7, 11) is 0. The standard InChI is InChI=1S/C21H17Cl2F3N4O2S/c1-2-9-30-18(11-32-15-6-3-13(22)4-7-15)28-29-20(30)33-12-19(31)27-17-8-5-14(23)10-16(17)21(24,25)26/h2-8,10H,1,9,11-12H2,(H,27,31). The van der Waals surface area contributed by atoms with E-state index in [1.165, 1.54) is 6.07 Å². The second-order valence-electron chi connectivity index (χ2n) is 6.57. The number of ether oxygens (including phenoxy) is 1. The highest BCUT2D eigenvalue weighted by Crippen LogP contribution is 2.36. The minimum absolute atomic E-state index is 0.0828. The first-order chi connectivity index (χ1) is 15.7. The van der Waals surface area contributed by atoms with Gasteiger partial charge in [-0.05, 0) is 42.5 Å². The van der Waals surface area contributed by atoms with Crippen LogP contribution in [-0.4, -0.2) is 26.4 Å². The summed E-state index contributed by atoms with van der Waals surface area (Å²) < 4.78 is 47.0. The number of hydrogen-bond donors (Lipinski definition) is 1. The van der Waals surface area contributed by atoms with E-state index < -0.39 is 17.6 Å². The lowest BCUT2D eigenvalue weighted by molar-refractivity contribution is -0.137. The predicted molar refractivity (Wildman–Crippen MR) is 122 cm³/mol. The average Bonchev–Trinajstić information content (AvgIpc) is 3.14. The Labute approximate surface area is 201 Å². The van der Waals surface area contributed by atoms with E-state index in [2.05, 4.69) is 22.1 Å². The molecule has 0 saturated heterocycles. The van der Waals surface area contributed by atoms with Crippen LogP contribution in [0.4, 0.5) is 18.9 Å². The van der Waals surface area contributed by atoms with Crippen molar-refractivity contribution in [2.75, 3.05) is 11.1 Å². The van der Waals surface area contributed by atoms with E-state index >= 15 is 0 Å². The van der Waals surface area contributed by atoms with Crippen molar-refractivity contribution in [1.82, 2.24) is 14.8 Å².